The van der Waals surface area contributed by atoms with Crippen molar-refractivity contribution in [1.29, 1.82) is 0 Å². The number of H-pyrrole nitrogens is 1. The van der Waals surface area contributed by atoms with Gasteiger partial charge in [-0.3, -0.25) is 0 Å². The number of halogens is 3. The molecule has 0 atom stereocenters. The van der Waals surface area contributed by atoms with Crippen molar-refractivity contribution in [3.05, 3.63) is 145 Å². The van der Waals surface area contributed by atoms with Gasteiger partial charge in [0.1, 0.15) is 0 Å². The van der Waals surface area contributed by atoms with Crippen molar-refractivity contribution in [2.45, 2.75) is 70.0 Å². The molecule has 4 aromatic carbocycles. The Bertz CT molecular complexity index is 1970. The Morgan fingerprint density at radius 1 is 0.596 bits per heavy atom. The van der Waals surface area contributed by atoms with Crippen molar-refractivity contribution in [3.8, 4) is 0 Å². The fourth-order valence-corrected chi connectivity index (χ4v) is 22.3. The Balaban J connectivity index is 0.000000530. The van der Waals surface area contributed by atoms with Crippen LogP contribution in [0.5, 0.6) is 0 Å². The molecule has 0 spiro atoms. The van der Waals surface area contributed by atoms with Crippen LogP contribution < -0.4 is 21.2 Å². The Hall–Kier alpha value is -2.55. The maximum atomic E-state index is 10.7. The van der Waals surface area contributed by atoms with Crippen LogP contribution in [0.2, 0.25) is 39.3 Å². The SMILES string of the molecule is C1CCOC1.C[Si](C)(C)N=P(Cc1ccc(CP(=N[Si](C)(C)C)(c2ccccc2)c2ccccc2)[nH]1)(c1ccccc1)c1ccccc1.O=S(=O)([O-])C(F)(F)F.[Ag+]. The largest absolute Gasteiger partial charge is 1.00 e. The first-order valence-corrected chi connectivity index (χ1v) is 30.6. The van der Waals surface area contributed by atoms with Gasteiger partial charge in [-0.05, 0) is 46.2 Å². The predicted octanol–water partition coefficient (Wildman–Crippen LogP) is 10.2. The molecule has 5 aromatic rings. The van der Waals surface area contributed by atoms with Gasteiger partial charge >= 0.3 is 27.9 Å². The van der Waals surface area contributed by atoms with Gasteiger partial charge in [-0.25, -0.2) is 8.42 Å². The third-order valence-corrected chi connectivity index (χ3v) is 22.7. The molecule has 0 amide bonds. The molecule has 1 fully saturated rings. The molecule has 1 aliphatic rings. The summed E-state index contributed by atoms with van der Waals surface area (Å²) < 4.78 is 75.5. The van der Waals surface area contributed by atoms with Crippen molar-refractivity contribution in [1.82, 2.24) is 4.98 Å². The number of alkyl halides is 3. The van der Waals surface area contributed by atoms with Crippen LogP contribution >= 0.6 is 14.1 Å². The molecule has 1 N–H and O–H groups in total. The topological polar surface area (TPSA) is 107 Å². The van der Waals surface area contributed by atoms with Crippen LogP contribution in [0.1, 0.15) is 24.2 Å². The molecule has 0 bridgehead atoms. The molecule has 312 valence electrons. The number of benzene rings is 4. The molecule has 0 radical (unpaired) electrons. The van der Waals surface area contributed by atoms with Gasteiger partial charge < -0.3 is 23.1 Å². The smallest absolute Gasteiger partial charge is 0.741 e. The van der Waals surface area contributed by atoms with Gasteiger partial charge in [0.15, 0.2) is 26.6 Å². The summed E-state index contributed by atoms with van der Waals surface area (Å²) in [6.07, 6.45) is 4.33. The van der Waals surface area contributed by atoms with Crippen molar-refractivity contribution in [3.63, 3.8) is 0 Å². The van der Waals surface area contributed by atoms with Gasteiger partial charge in [0, 0.05) is 51.0 Å². The number of nitrogens with one attached hydrogen (secondary N) is 1. The molecule has 7 nitrogen and oxygen atoms in total. The van der Waals surface area contributed by atoms with E-state index in [-0.39, 0.29) is 22.4 Å². The zero-order valence-corrected chi connectivity index (χ0v) is 39.3. The molecule has 57 heavy (non-hydrogen) atoms. The van der Waals surface area contributed by atoms with Crippen LogP contribution in [-0.2, 0) is 49.6 Å². The Morgan fingerprint density at radius 3 is 1.05 bits per heavy atom. The first kappa shape index (κ1) is 48.8. The first-order chi connectivity index (χ1) is 26.2. The van der Waals surface area contributed by atoms with Crippen LogP contribution in [-0.4, -0.2) is 53.1 Å². The minimum atomic E-state index is -6.09. The normalized spacial score (nSPS) is 13.6. The summed E-state index contributed by atoms with van der Waals surface area (Å²) in [5.74, 6) is 0. The van der Waals surface area contributed by atoms with E-state index in [1.807, 2.05) is 0 Å². The summed E-state index contributed by atoms with van der Waals surface area (Å²) in [6, 6.07) is 48.8. The average Bonchev–Trinajstić information content (AvgIpc) is 3.87. The standard InChI is InChI=1S/C36H45N3P2Si2.C4H8O.CHF3O3S.Ag/c1-42(2,3)38-40(33-19-11-7-12-20-33,34-21-13-8-14-22-34)29-31-27-28-32(37-31)30-41(39-43(4,5)6,35-23-15-9-16-24-35)36-25-17-10-18-26-36;1-2-4-5-3-1;2-1(3,4)8(5,6)7;/h7-28,37H,29-30H2,1-6H3;1-4H2;(H,5,6,7);/q;;;+1/p-1. The molecule has 6 rings (SSSR count). The monoisotopic (exact) mass is 965 g/mol. The van der Waals surface area contributed by atoms with E-state index >= 15 is 0 Å². The molecule has 1 aliphatic heterocycles. The second-order valence-electron chi connectivity index (χ2n) is 15.5. The van der Waals surface area contributed by atoms with E-state index in [9.17, 15) is 13.2 Å². The molecule has 1 saturated heterocycles. The number of aromatic amines is 1. The van der Waals surface area contributed by atoms with E-state index in [0.29, 0.717) is 0 Å². The molecule has 0 saturated carbocycles. The number of ether oxygens (including phenoxy) is 1. The van der Waals surface area contributed by atoms with E-state index in [0.717, 1.165) is 25.5 Å². The zero-order chi connectivity index (χ0) is 41.1. The second kappa shape index (κ2) is 21.1. The first-order valence-electron chi connectivity index (χ1n) is 18.5. The molecule has 16 heteroatoms. The molecule has 2 heterocycles. The second-order valence-corrected chi connectivity index (χ2v) is 32.9. The number of rotatable bonds is 10. The minimum Gasteiger partial charge on any atom is -0.741 e. The minimum absolute atomic E-state index is 0. The van der Waals surface area contributed by atoms with Crippen LogP contribution in [0, 0.1) is 0 Å². The number of hydrogen-bond donors (Lipinski definition) is 1. The van der Waals surface area contributed by atoms with Crippen LogP contribution in [0.3, 0.4) is 0 Å². The fourth-order valence-electron chi connectivity index (χ4n) is 6.37. The van der Waals surface area contributed by atoms with Crippen molar-refractivity contribution in [2.75, 3.05) is 13.2 Å². The van der Waals surface area contributed by atoms with Gasteiger partial charge in [0.25, 0.3) is 0 Å². The van der Waals surface area contributed by atoms with Crippen molar-refractivity contribution >= 4 is 61.9 Å². The van der Waals surface area contributed by atoms with Crippen LogP contribution in [0.15, 0.2) is 142 Å². The Kier molecular flexibility index (Phi) is 18.1. The maximum Gasteiger partial charge on any atom is 1.00 e. The van der Waals surface area contributed by atoms with Gasteiger partial charge in [-0.1, -0.05) is 161 Å². The van der Waals surface area contributed by atoms with Gasteiger partial charge in [-0.15, -0.1) is 0 Å². The third-order valence-electron chi connectivity index (χ3n) is 8.39. The number of nitrogens with zero attached hydrogens (tertiary/aromatic N) is 2. The molecular weight excluding hydrogens is 914 g/mol. The van der Waals surface area contributed by atoms with Gasteiger partial charge in [-0.2, -0.15) is 13.2 Å². The number of aromatic nitrogens is 1. The fraction of sp³-hybridized carbons (Fsp3) is 0.317. The Labute approximate surface area is 354 Å². The van der Waals surface area contributed by atoms with Crippen molar-refractivity contribution < 1.29 is 53.3 Å². The van der Waals surface area contributed by atoms with E-state index in [4.69, 9.17) is 26.5 Å². The summed E-state index contributed by atoms with van der Waals surface area (Å²) in [6.45, 7) is 16.2. The molecule has 0 aliphatic carbocycles. The summed E-state index contributed by atoms with van der Waals surface area (Å²) in [7, 11) is -13.9. The number of hydrogen-bond acceptors (Lipinski definition) is 6. The molecule has 1 aromatic heterocycles. The predicted molar refractivity (Wildman–Crippen MR) is 234 cm³/mol. The maximum absolute atomic E-state index is 10.7. The van der Waals surface area contributed by atoms with E-state index in [2.05, 4.69) is 178 Å². The Morgan fingerprint density at radius 2 is 0.860 bits per heavy atom. The van der Waals surface area contributed by atoms with Crippen LogP contribution in [0.25, 0.3) is 0 Å². The van der Waals surface area contributed by atoms with E-state index in [1.54, 1.807) is 0 Å². The van der Waals surface area contributed by atoms with Crippen LogP contribution in [0.4, 0.5) is 13.2 Å². The summed E-state index contributed by atoms with van der Waals surface area (Å²) in [4.78, 5) is 3.94. The molecule has 0 unspecified atom stereocenters. The zero-order valence-electron chi connectivity index (χ0n) is 33.2. The quantitative estimate of drug-likeness (QED) is 0.0651. The van der Waals surface area contributed by atoms with Gasteiger partial charge in [0.2, 0.25) is 0 Å². The summed E-state index contributed by atoms with van der Waals surface area (Å²) >= 11 is 0. The average molecular weight is 967 g/mol. The molecular formula is C41H53AgF3N3O4P2SSi2. The van der Waals surface area contributed by atoms with Crippen molar-refractivity contribution in [2.24, 2.45) is 8.82 Å². The summed E-state index contributed by atoms with van der Waals surface area (Å²) in [5.41, 5.74) is -3.14. The van der Waals surface area contributed by atoms with Gasteiger partial charge in [0.05, 0.1) is 0 Å². The summed E-state index contributed by atoms with van der Waals surface area (Å²) in [5, 5.41) is 5.40. The van der Waals surface area contributed by atoms with E-state index < -0.39 is 46.2 Å². The third kappa shape index (κ3) is 14.6. The van der Waals surface area contributed by atoms with E-state index in [1.165, 1.54) is 45.4 Å².